The van der Waals surface area contributed by atoms with Crippen LogP contribution in [-0.4, -0.2) is 38.3 Å². The minimum Gasteiger partial charge on any atom is -0.480 e. The first-order valence-electron chi connectivity index (χ1n) is 14.8. The van der Waals surface area contributed by atoms with Crippen molar-refractivity contribution in [2.75, 3.05) is 4.90 Å². The molecule has 3 heterocycles. The third-order valence-electron chi connectivity index (χ3n) is 9.04. The second-order valence-corrected chi connectivity index (χ2v) is 11.6. The molecule has 46 heavy (non-hydrogen) atoms. The Kier molecular flexibility index (Phi) is 7.06. The maximum atomic E-state index is 14.3. The fourth-order valence-electron chi connectivity index (χ4n) is 6.87. The molecule has 10 nitrogen and oxygen atoms in total. The highest BCUT2D eigenvalue weighted by Crippen LogP contribution is 2.51. The standard InChI is InChI=1S/C36H28N4O6/c41-33-30-31(34(42)39(33)26-9-6-10-27(19-26)40(45)46)36(35(43)44,20-25-21-37-29-12-5-4-11-28(25)29)38-32(30)24-17-15-23(16-18-24)14-13-22-7-2-1-3-8-22/h1-19,21,30-32,37-38H,20H2,(H,43,44)/b14-13+. The summed E-state index contributed by atoms with van der Waals surface area (Å²) in [7, 11) is 0. The number of carbonyl (C=O) groups excluding carboxylic acids is 2. The van der Waals surface area contributed by atoms with Crippen LogP contribution in [0.1, 0.15) is 28.3 Å². The molecule has 4 atom stereocenters. The molecule has 0 aliphatic carbocycles. The number of nitro benzene ring substituents is 1. The number of carboxylic acid groups (broad SMARTS) is 1. The summed E-state index contributed by atoms with van der Waals surface area (Å²) in [5.41, 5.74) is 1.97. The predicted octanol–water partition coefficient (Wildman–Crippen LogP) is 5.76. The van der Waals surface area contributed by atoms with Crippen molar-refractivity contribution >= 4 is 52.2 Å². The van der Waals surface area contributed by atoms with Crippen LogP contribution in [0, 0.1) is 22.0 Å². The summed E-state index contributed by atoms with van der Waals surface area (Å²) >= 11 is 0. The van der Waals surface area contributed by atoms with Gasteiger partial charge in [0.1, 0.15) is 5.54 Å². The number of non-ortho nitro benzene ring substituents is 1. The largest absolute Gasteiger partial charge is 0.480 e. The third kappa shape index (κ3) is 4.76. The number of nitrogens with one attached hydrogen (secondary N) is 2. The predicted molar refractivity (Wildman–Crippen MR) is 173 cm³/mol. The highest BCUT2D eigenvalue weighted by Gasteiger charge is 2.68. The summed E-state index contributed by atoms with van der Waals surface area (Å²) in [6, 6.07) is 29.2. The number of aromatic amines is 1. The van der Waals surface area contributed by atoms with Crippen molar-refractivity contribution < 1.29 is 24.4 Å². The van der Waals surface area contributed by atoms with Crippen LogP contribution in [0.2, 0.25) is 0 Å². The zero-order chi connectivity index (χ0) is 32.0. The molecule has 2 fully saturated rings. The molecule has 2 aliphatic heterocycles. The molecule has 2 aliphatic rings. The Morgan fingerprint density at radius 1 is 0.891 bits per heavy atom. The fourth-order valence-corrected chi connectivity index (χ4v) is 6.87. The average molecular weight is 613 g/mol. The molecule has 3 N–H and O–H groups in total. The van der Waals surface area contributed by atoms with Gasteiger partial charge < -0.3 is 10.1 Å². The molecule has 0 spiro atoms. The summed E-state index contributed by atoms with van der Waals surface area (Å²) < 4.78 is 0. The van der Waals surface area contributed by atoms with Crippen molar-refractivity contribution in [1.82, 2.24) is 10.3 Å². The molecule has 0 saturated carbocycles. The molecule has 0 radical (unpaired) electrons. The van der Waals surface area contributed by atoms with E-state index < -0.39 is 46.1 Å². The summed E-state index contributed by atoms with van der Waals surface area (Å²) in [5.74, 6) is -4.94. The zero-order valence-electron chi connectivity index (χ0n) is 24.4. The molecular formula is C36H28N4O6. The van der Waals surface area contributed by atoms with Crippen LogP contribution in [0.4, 0.5) is 11.4 Å². The lowest BCUT2D eigenvalue weighted by molar-refractivity contribution is -0.384. The summed E-state index contributed by atoms with van der Waals surface area (Å²) in [6.45, 7) is 0. The highest BCUT2D eigenvalue weighted by molar-refractivity contribution is 6.24. The molecule has 4 aromatic carbocycles. The van der Waals surface area contributed by atoms with Crippen LogP contribution in [0.5, 0.6) is 0 Å². The van der Waals surface area contributed by atoms with Crippen LogP contribution >= 0.6 is 0 Å². The fraction of sp³-hybridized carbons (Fsp3) is 0.139. The average Bonchev–Trinajstić information content (AvgIpc) is 3.72. The maximum Gasteiger partial charge on any atom is 0.325 e. The second kappa shape index (κ2) is 11.2. The van der Waals surface area contributed by atoms with E-state index in [1.165, 1.54) is 18.2 Å². The number of carbonyl (C=O) groups is 3. The Labute approximate surface area is 263 Å². The summed E-state index contributed by atoms with van der Waals surface area (Å²) in [6.07, 6.45) is 5.58. The van der Waals surface area contributed by atoms with Gasteiger partial charge in [0.25, 0.3) is 5.69 Å². The van der Waals surface area contributed by atoms with Crippen molar-refractivity contribution in [3.05, 3.63) is 142 Å². The molecule has 10 heteroatoms. The van der Waals surface area contributed by atoms with Gasteiger partial charge in [0, 0.05) is 41.7 Å². The molecule has 228 valence electrons. The van der Waals surface area contributed by atoms with Gasteiger partial charge in [-0.3, -0.25) is 29.8 Å². The highest BCUT2D eigenvalue weighted by atomic mass is 16.6. The van der Waals surface area contributed by atoms with E-state index in [1.54, 1.807) is 6.20 Å². The lowest BCUT2D eigenvalue weighted by Crippen LogP contribution is -2.57. The minimum absolute atomic E-state index is 0.0325. The second-order valence-electron chi connectivity index (χ2n) is 11.6. The molecule has 5 aromatic rings. The molecular weight excluding hydrogens is 584 g/mol. The van der Waals surface area contributed by atoms with E-state index in [-0.39, 0.29) is 17.8 Å². The third-order valence-corrected chi connectivity index (χ3v) is 9.04. The van der Waals surface area contributed by atoms with Gasteiger partial charge in [-0.15, -0.1) is 0 Å². The number of nitro groups is 1. The Balaban J connectivity index is 1.31. The molecule has 7 rings (SSSR count). The van der Waals surface area contributed by atoms with Crippen molar-refractivity contribution in [1.29, 1.82) is 0 Å². The lowest BCUT2D eigenvalue weighted by Gasteiger charge is -2.31. The molecule has 0 bridgehead atoms. The van der Waals surface area contributed by atoms with Gasteiger partial charge in [0.05, 0.1) is 22.4 Å². The monoisotopic (exact) mass is 612 g/mol. The van der Waals surface area contributed by atoms with Crippen molar-refractivity contribution in [3.63, 3.8) is 0 Å². The van der Waals surface area contributed by atoms with Gasteiger partial charge in [-0.05, 0) is 34.4 Å². The van der Waals surface area contributed by atoms with Gasteiger partial charge in [-0.25, -0.2) is 4.90 Å². The number of hydrogen-bond acceptors (Lipinski definition) is 6. The van der Waals surface area contributed by atoms with Crippen LogP contribution < -0.4 is 10.2 Å². The van der Waals surface area contributed by atoms with Gasteiger partial charge in [-0.2, -0.15) is 0 Å². The number of rotatable bonds is 8. The summed E-state index contributed by atoms with van der Waals surface area (Å²) in [5, 5.41) is 26.5. The van der Waals surface area contributed by atoms with E-state index in [4.69, 9.17) is 0 Å². The van der Waals surface area contributed by atoms with Gasteiger partial charge >= 0.3 is 5.97 Å². The Hall–Kier alpha value is -5.87. The number of fused-ring (bicyclic) bond motifs is 2. The van der Waals surface area contributed by atoms with Crippen molar-refractivity contribution in [3.8, 4) is 0 Å². The number of benzene rings is 4. The van der Waals surface area contributed by atoms with Crippen LogP contribution in [0.15, 0.2) is 109 Å². The maximum absolute atomic E-state index is 14.3. The Morgan fingerprint density at radius 3 is 2.30 bits per heavy atom. The van der Waals surface area contributed by atoms with Gasteiger partial charge in [0.2, 0.25) is 11.8 Å². The number of amides is 2. The molecule has 1 aromatic heterocycles. The number of para-hydroxylation sites is 1. The van der Waals surface area contributed by atoms with E-state index in [2.05, 4.69) is 10.3 Å². The van der Waals surface area contributed by atoms with E-state index in [9.17, 15) is 29.6 Å². The van der Waals surface area contributed by atoms with Crippen molar-refractivity contribution in [2.45, 2.75) is 18.0 Å². The minimum atomic E-state index is -1.85. The number of aliphatic carboxylic acids is 1. The van der Waals surface area contributed by atoms with E-state index >= 15 is 0 Å². The first-order valence-corrected chi connectivity index (χ1v) is 14.8. The first kappa shape index (κ1) is 28.9. The molecule has 4 unspecified atom stereocenters. The number of nitrogens with zero attached hydrogens (tertiary/aromatic N) is 2. The Bertz CT molecular complexity index is 2040. The number of aromatic nitrogens is 1. The van der Waals surface area contributed by atoms with Gasteiger partial charge in [0.15, 0.2) is 0 Å². The van der Waals surface area contributed by atoms with Crippen LogP contribution in [-0.2, 0) is 20.8 Å². The SMILES string of the molecule is O=C1C2C(c3ccc(/C=C/c4ccccc4)cc3)NC(Cc3c[nH]c4ccccc34)(C(=O)O)C2C(=O)N1c1cccc([N+](=O)[O-])c1. The van der Waals surface area contributed by atoms with Crippen molar-refractivity contribution in [2.24, 2.45) is 11.8 Å². The first-order chi connectivity index (χ1) is 22.3. The lowest BCUT2D eigenvalue weighted by atomic mass is 9.76. The van der Waals surface area contributed by atoms with Crippen LogP contribution in [0.25, 0.3) is 23.1 Å². The molecule has 2 amide bonds. The number of imide groups is 1. The number of anilines is 1. The van der Waals surface area contributed by atoms with E-state index in [1.807, 2.05) is 91.0 Å². The van der Waals surface area contributed by atoms with E-state index in [0.717, 1.165) is 33.0 Å². The van der Waals surface area contributed by atoms with Crippen LogP contribution in [0.3, 0.4) is 0 Å². The molecule has 2 saturated heterocycles. The Morgan fingerprint density at radius 2 is 1.59 bits per heavy atom. The quantitative estimate of drug-likeness (QED) is 0.0874. The number of H-pyrrole nitrogens is 1. The topological polar surface area (TPSA) is 146 Å². The smallest absolute Gasteiger partial charge is 0.325 e. The number of carboxylic acids is 1. The zero-order valence-corrected chi connectivity index (χ0v) is 24.4. The number of hydrogen-bond donors (Lipinski definition) is 3. The van der Waals surface area contributed by atoms with Gasteiger partial charge in [-0.1, -0.05) is 91.0 Å². The van der Waals surface area contributed by atoms with E-state index in [0.29, 0.717) is 11.1 Å². The summed E-state index contributed by atoms with van der Waals surface area (Å²) in [4.78, 5) is 56.8. The normalized spacial score (nSPS) is 22.5.